The highest BCUT2D eigenvalue weighted by Gasteiger charge is 2.02. The largest absolute Gasteiger partial charge is 0.462 e. The summed E-state index contributed by atoms with van der Waals surface area (Å²) in [6.07, 6.45) is 14.9. The van der Waals surface area contributed by atoms with Gasteiger partial charge in [0.1, 0.15) is 0 Å². The molecule has 0 aliphatic heterocycles. The molecule has 0 N–H and O–H groups in total. The lowest BCUT2D eigenvalue weighted by molar-refractivity contribution is -0.139. The second-order valence-electron chi connectivity index (χ2n) is 7.37. The molecule has 4 nitrogen and oxygen atoms in total. The first kappa shape index (κ1) is 28.6. The molecule has 0 radical (unpaired) electrons. The van der Waals surface area contributed by atoms with Crippen molar-refractivity contribution in [1.82, 2.24) is 0 Å². The monoisotopic (exact) mass is 396 g/mol. The van der Waals surface area contributed by atoms with Gasteiger partial charge in [0.25, 0.3) is 0 Å². The summed E-state index contributed by atoms with van der Waals surface area (Å²) >= 11 is 0. The quantitative estimate of drug-likeness (QED) is 0.161. The van der Waals surface area contributed by atoms with Crippen molar-refractivity contribution in [3.63, 3.8) is 0 Å². The summed E-state index contributed by atoms with van der Waals surface area (Å²) in [7, 11) is 0. The van der Waals surface area contributed by atoms with Crippen LogP contribution in [0.5, 0.6) is 0 Å². The molecule has 0 rings (SSSR count). The first-order valence-corrected chi connectivity index (χ1v) is 11.0. The second kappa shape index (κ2) is 21.7. The van der Waals surface area contributed by atoms with Gasteiger partial charge in [0.05, 0.1) is 13.2 Å². The van der Waals surface area contributed by atoms with Crippen molar-refractivity contribution in [3.05, 3.63) is 24.3 Å². The van der Waals surface area contributed by atoms with Crippen LogP contribution >= 0.6 is 0 Å². The Hall–Kier alpha value is -1.58. The van der Waals surface area contributed by atoms with Gasteiger partial charge < -0.3 is 9.47 Å². The van der Waals surface area contributed by atoms with E-state index in [1.807, 2.05) is 0 Å². The van der Waals surface area contributed by atoms with Gasteiger partial charge in [-0.3, -0.25) is 0 Å². The predicted molar refractivity (Wildman–Crippen MR) is 118 cm³/mol. The second-order valence-corrected chi connectivity index (χ2v) is 7.37. The zero-order valence-electron chi connectivity index (χ0n) is 18.9. The predicted octanol–water partition coefficient (Wildman–Crippen LogP) is 6.93. The maximum atomic E-state index is 11.1. The zero-order chi connectivity index (χ0) is 21.6. The third-order valence-corrected chi connectivity index (χ3v) is 4.16. The van der Waals surface area contributed by atoms with Gasteiger partial charge in [-0.15, -0.1) is 0 Å². The van der Waals surface area contributed by atoms with E-state index in [-0.39, 0.29) is 11.9 Å². The lowest BCUT2D eigenvalue weighted by atomic mass is 10.1. The van der Waals surface area contributed by atoms with Crippen LogP contribution in [-0.2, 0) is 19.1 Å². The van der Waals surface area contributed by atoms with E-state index in [9.17, 15) is 9.59 Å². The smallest absolute Gasteiger partial charge is 0.333 e. The SMILES string of the molecule is C=C(C)C(=O)OCCCC.C=C(C)C(=O)OCCCCCCCCCCCC. The molecule has 0 atom stereocenters. The van der Waals surface area contributed by atoms with Crippen LogP contribution in [-0.4, -0.2) is 25.2 Å². The molecule has 0 aromatic heterocycles. The number of hydrogen-bond donors (Lipinski definition) is 0. The Kier molecular flexibility index (Phi) is 22.2. The normalized spacial score (nSPS) is 9.86. The van der Waals surface area contributed by atoms with E-state index in [4.69, 9.17) is 9.47 Å². The minimum Gasteiger partial charge on any atom is -0.462 e. The van der Waals surface area contributed by atoms with Gasteiger partial charge in [0.2, 0.25) is 0 Å². The highest BCUT2D eigenvalue weighted by atomic mass is 16.5. The molecule has 0 aromatic rings. The van der Waals surface area contributed by atoms with Crippen molar-refractivity contribution < 1.29 is 19.1 Å². The van der Waals surface area contributed by atoms with E-state index in [1.54, 1.807) is 13.8 Å². The van der Waals surface area contributed by atoms with Crippen molar-refractivity contribution in [2.75, 3.05) is 13.2 Å². The van der Waals surface area contributed by atoms with Crippen LogP contribution in [0.2, 0.25) is 0 Å². The van der Waals surface area contributed by atoms with Gasteiger partial charge in [0, 0.05) is 11.1 Å². The lowest BCUT2D eigenvalue weighted by Gasteiger charge is -2.04. The summed E-state index contributed by atoms with van der Waals surface area (Å²) in [5.74, 6) is -0.542. The van der Waals surface area contributed by atoms with E-state index < -0.39 is 0 Å². The van der Waals surface area contributed by atoms with E-state index >= 15 is 0 Å². The molecule has 0 aliphatic rings. The molecule has 0 aromatic carbocycles. The van der Waals surface area contributed by atoms with Crippen LogP contribution in [0.1, 0.15) is 105 Å². The molecule has 28 heavy (non-hydrogen) atoms. The molecule has 0 saturated heterocycles. The van der Waals surface area contributed by atoms with Crippen molar-refractivity contribution in [2.24, 2.45) is 0 Å². The van der Waals surface area contributed by atoms with E-state index in [2.05, 4.69) is 27.0 Å². The summed E-state index contributed by atoms with van der Waals surface area (Å²) in [6, 6.07) is 0. The minimum absolute atomic E-state index is 0.258. The Balaban J connectivity index is 0. The molecule has 0 aliphatic carbocycles. The van der Waals surface area contributed by atoms with Crippen LogP contribution in [0.3, 0.4) is 0 Å². The molecule has 0 bridgehead atoms. The van der Waals surface area contributed by atoms with E-state index in [0.29, 0.717) is 24.4 Å². The minimum atomic E-state index is -0.284. The third kappa shape index (κ3) is 22.5. The molecule has 0 fully saturated rings. The van der Waals surface area contributed by atoms with Gasteiger partial charge in [-0.1, -0.05) is 91.2 Å². The van der Waals surface area contributed by atoms with Gasteiger partial charge in [0.15, 0.2) is 0 Å². The lowest BCUT2D eigenvalue weighted by Crippen LogP contribution is -2.05. The first-order chi connectivity index (χ1) is 13.4. The highest BCUT2D eigenvalue weighted by molar-refractivity contribution is 5.87. The molecule has 0 heterocycles. The fourth-order valence-electron chi connectivity index (χ4n) is 2.31. The number of esters is 2. The molecule has 0 amide bonds. The fraction of sp³-hybridized carbons (Fsp3) is 0.750. The van der Waals surface area contributed by atoms with Crippen LogP contribution in [0.25, 0.3) is 0 Å². The van der Waals surface area contributed by atoms with Gasteiger partial charge in [-0.05, 0) is 26.7 Å². The standard InChI is InChI=1S/C16H30O2.C8H14O2/c1-4-5-6-7-8-9-10-11-12-13-14-18-16(17)15(2)3;1-4-5-6-10-8(9)7(2)3/h2,4-14H2,1,3H3;2,4-6H2,1,3H3. The fourth-order valence-corrected chi connectivity index (χ4v) is 2.31. The summed E-state index contributed by atoms with van der Waals surface area (Å²) in [6.45, 7) is 15.7. The Morgan fingerprint density at radius 3 is 1.25 bits per heavy atom. The van der Waals surface area contributed by atoms with Crippen molar-refractivity contribution >= 4 is 11.9 Å². The van der Waals surface area contributed by atoms with Crippen LogP contribution in [0.4, 0.5) is 0 Å². The molecule has 4 heteroatoms. The Morgan fingerprint density at radius 1 is 0.571 bits per heavy atom. The summed E-state index contributed by atoms with van der Waals surface area (Å²) in [4.78, 5) is 21.8. The molecule has 164 valence electrons. The number of carbonyl (C=O) groups is 2. The summed E-state index contributed by atoms with van der Waals surface area (Å²) in [5.41, 5.74) is 0.957. The Morgan fingerprint density at radius 2 is 0.893 bits per heavy atom. The van der Waals surface area contributed by atoms with Crippen LogP contribution < -0.4 is 0 Å². The molecular formula is C24H44O4. The average molecular weight is 397 g/mol. The number of carbonyl (C=O) groups excluding carboxylic acids is 2. The topological polar surface area (TPSA) is 52.6 Å². The van der Waals surface area contributed by atoms with Gasteiger partial charge in [-0.2, -0.15) is 0 Å². The van der Waals surface area contributed by atoms with Crippen molar-refractivity contribution in [1.29, 1.82) is 0 Å². The molecular weight excluding hydrogens is 352 g/mol. The van der Waals surface area contributed by atoms with Crippen molar-refractivity contribution in [3.8, 4) is 0 Å². The summed E-state index contributed by atoms with van der Waals surface area (Å²) < 4.78 is 9.84. The number of unbranched alkanes of at least 4 members (excludes halogenated alkanes) is 10. The highest BCUT2D eigenvalue weighted by Crippen LogP contribution is 2.10. The average Bonchev–Trinajstić information content (AvgIpc) is 2.66. The Bertz CT molecular complexity index is 426. The van der Waals surface area contributed by atoms with E-state index in [0.717, 1.165) is 19.3 Å². The van der Waals surface area contributed by atoms with Crippen LogP contribution in [0, 0.1) is 0 Å². The zero-order valence-corrected chi connectivity index (χ0v) is 18.9. The van der Waals surface area contributed by atoms with E-state index in [1.165, 1.54) is 57.8 Å². The number of ether oxygens (including phenoxy) is 2. The maximum Gasteiger partial charge on any atom is 0.333 e. The maximum absolute atomic E-state index is 11.1. The Labute approximate surface area is 173 Å². The molecule has 0 unspecified atom stereocenters. The molecule has 0 spiro atoms. The number of hydrogen-bond acceptors (Lipinski definition) is 4. The van der Waals surface area contributed by atoms with Crippen molar-refractivity contribution in [2.45, 2.75) is 105 Å². The molecule has 0 saturated carbocycles. The van der Waals surface area contributed by atoms with Gasteiger partial charge in [-0.25, -0.2) is 9.59 Å². The number of rotatable bonds is 16. The first-order valence-electron chi connectivity index (χ1n) is 11.0. The van der Waals surface area contributed by atoms with Gasteiger partial charge >= 0.3 is 11.9 Å². The van der Waals surface area contributed by atoms with Crippen LogP contribution in [0.15, 0.2) is 24.3 Å². The third-order valence-electron chi connectivity index (χ3n) is 4.16. The summed E-state index contributed by atoms with van der Waals surface area (Å²) in [5, 5.41) is 0.